The zero-order valence-electron chi connectivity index (χ0n) is 12.4. The molecule has 0 aliphatic carbocycles. The summed E-state index contributed by atoms with van der Waals surface area (Å²) >= 11 is 1.16. The Hall–Kier alpha value is -1.88. The predicted molar refractivity (Wildman–Crippen MR) is 86.2 cm³/mol. The number of benzene rings is 2. The second kappa shape index (κ2) is 7.40. The van der Waals surface area contributed by atoms with Crippen molar-refractivity contribution in [1.82, 2.24) is 0 Å². The molecule has 22 heavy (non-hydrogen) atoms. The van der Waals surface area contributed by atoms with Crippen LogP contribution in [0.25, 0.3) is 0 Å². The molecule has 0 saturated heterocycles. The maximum atomic E-state index is 13.1. The number of carbonyl (C=O) groups is 1. The molecule has 2 aromatic carbocycles. The minimum absolute atomic E-state index is 0.136. The number of rotatable bonds is 5. The molecule has 116 valence electrons. The van der Waals surface area contributed by atoms with Gasteiger partial charge in [-0.2, -0.15) is 0 Å². The van der Waals surface area contributed by atoms with Crippen LogP contribution in [-0.4, -0.2) is 11.7 Å². The molecule has 1 amide bonds. The molecule has 2 aromatic rings. The van der Waals surface area contributed by atoms with E-state index in [0.717, 1.165) is 35.1 Å². The number of carbonyl (C=O) groups excluding carboxylic acids is 1. The van der Waals surface area contributed by atoms with E-state index in [0.29, 0.717) is 10.8 Å². The molecule has 5 heteroatoms. The van der Waals surface area contributed by atoms with E-state index in [1.807, 2.05) is 24.3 Å². The van der Waals surface area contributed by atoms with Crippen molar-refractivity contribution in [2.45, 2.75) is 24.7 Å². The summed E-state index contributed by atoms with van der Waals surface area (Å²) in [6, 6.07) is 11.3. The molecule has 0 atom stereocenters. The molecule has 1 N–H and O–H groups in total. The summed E-state index contributed by atoms with van der Waals surface area (Å²) in [6.45, 7) is 4.17. The lowest BCUT2D eigenvalue weighted by Crippen LogP contribution is -2.14. The fraction of sp³-hybridized carbons (Fsp3) is 0.235. The maximum absolute atomic E-state index is 13.1. The quantitative estimate of drug-likeness (QED) is 0.800. The molecule has 0 aromatic heterocycles. The zero-order valence-corrected chi connectivity index (χ0v) is 13.2. The number of anilines is 1. The average Bonchev–Trinajstić information content (AvgIpc) is 2.49. The lowest BCUT2D eigenvalue weighted by molar-refractivity contribution is -0.113. The van der Waals surface area contributed by atoms with E-state index < -0.39 is 11.6 Å². The van der Waals surface area contributed by atoms with Crippen molar-refractivity contribution >= 4 is 23.4 Å². The minimum Gasteiger partial charge on any atom is -0.325 e. The fourth-order valence-electron chi connectivity index (χ4n) is 1.89. The monoisotopic (exact) mass is 321 g/mol. The molecule has 2 rings (SSSR count). The zero-order chi connectivity index (χ0) is 16.1. The number of hydrogen-bond acceptors (Lipinski definition) is 2. The van der Waals surface area contributed by atoms with Gasteiger partial charge in [0.2, 0.25) is 5.91 Å². The number of amides is 1. The molecule has 0 aliphatic rings. The topological polar surface area (TPSA) is 29.1 Å². The van der Waals surface area contributed by atoms with Crippen molar-refractivity contribution < 1.29 is 13.6 Å². The molecule has 0 radical (unpaired) electrons. The van der Waals surface area contributed by atoms with Crippen LogP contribution in [0.1, 0.15) is 25.3 Å². The van der Waals surface area contributed by atoms with Gasteiger partial charge in [0, 0.05) is 10.6 Å². The van der Waals surface area contributed by atoms with Crippen LogP contribution in [0.15, 0.2) is 47.4 Å². The van der Waals surface area contributed by atoms with Crippen LogP contribution in [0, 0.1) is 11.6 Å². The Morgan fingerprint density at radius 2 is 1.91 bits per heavy atom. The van der Waals surface area contributed by atoms with Gasteiger partial charge in [0.05, 0.1) is 5.75 Å². The molecule has 0 bridgehead atoms. The second-order valence-corrected chi connectivity index (χ2v) is 6.24. The lowest BCUT2D eigenvalue weighted by atomic mass is 10.0. The SMILES string of the molecule is CC(C)c1cccc(NC(=O)CSc2ccc(F)c(F)c2)c1. The molecule has 0 spiro atoms. The molecule has 0 saturated carbocycles. The van der Waals surface area contributed by atoms with Gasteiger partial charge < -0.3 is 5.32 Å². The summed E-state index contributed by atoms with van der Waals surface area (Å²) in [5, 5.41) is 2.81. The third-order valence-electron chi connectivity index (χ3n) is 3.10. The van der Waals surface area contributed by atoms with Crippen LogP contribution < -0.4 is 5.32 Å². The first kappa shape index (κ1) is 16.5. The van der Waals surface area contributed by atoms with Gasteiger partial charge in [0.1, 0.15) is 0 Å². The van der Waals surface area contributed by atoms with Crippen molar-refractivity contribution in [3.8, 4) is 0 Å². The minimum atomic E-state index is -0.907. The third kappa shape index (κ3) is 4.56. The summed E-state index contributed by atoms with van der Waals surface area (Å²) < 4.78 is 25.9. The highest BCUT2D eigenvalue weighted by molar-refractivity contribution is 8.00. The molecule has 2 nitrogen and oxygen atoms in total. The Morgan fingerprint density at radius 3 is 2.59 bits per heavy atom. The van der Waals surface area contributed by atoms with Gasteiger partial charge >= 0.3 is 0 Å². The normalized spacial score (nSPS) is 10.8. The summed E-state index contributed by atoms with van der Waals surface area (Å²) in [5.74, 6) is -1.46. The number of halogens is 2. The van der Waals surface area contributed by atoms with Gasteiger partial charge in [-0.3, -0.25) is 4.79 Å². The van der Waals surface area contributed by atoms with E-state index in [9.17, 15) is 13.6 Å². The summed E-state index contributed by atoms with van der Waals surface area (Å²) in [4.78, 5) is 12.4. The molecule has 0 fully saturated rings. The highest BCUT2D eigenvalue weighted by Gasteiger charge is 2.07. The van der Waals surface area contributed by atoms with Gasteiger partial charge in [-0.05, 0) is 41.8 Å². The summed E-state index contributed by atoms with van der Waals surface area (Å²) in [5.41, 5.74) is 1.88. The first-order valence-electron chi connectivity index (χ1n) is 6.93. The van der Waals surface area contributed by atoms with Crippen LogP contribution in [0.5, 0.6) is 0 Å². The van der Waals surface area contributed by atoms with Crippen molar-refractivity contribution in [1.29, 1.82) is 0 Å². The molecule has 0 unspecified atom stereocenters. The highest BCUT2D eigenvalue weighted by Crippen LogP contribution is 2.22. The van der Waals surface area contributed by atoms with Crippen LogP contribution in [0.3, 0.4) is 0 Å². The number of thioether (sulfide) groups is 1. The van der Waals surface area contributed by atoms with Crippen LogP contribution in [0.2, 0.25) is 0 Å². The Morgan fingerprint density at radius 1 is 1.14 bits per heavy atom. The maximum Gasteiger partial charge on any atom is 0.234 e. The first-order chi connectivity index (χ1) is 10.5. The molecule has 0 heterocycles. The van der Waals surface area contributed by atoms with Crippen molar-refractivity contribution in [3.05, 3.63) is 59.7 Å². The Bertz CT molecular complexity index is 673. The summed E-state index contributed by atoms with van der Waals surface area (Å²) in [6.07, 6.45) is 0. The smallest absolute Gasteiger partial charge is 0.234 e. The van der Waals surface area contributed by atoms with E-state index in [4.69, 9.17) is 0 Å². The van der Waals surface area contributed by atoms with E-state index in [-0.39, 0.29) is 11.7 Å². The summed E-state index contributed by atoms with van der Waals surface area (Å²) in [7, 11) is 0. The first-order valence-corrected chi connectivity index (χ1v) is 7.92. The lowest BCUT2D eigenvalue weighted by Gasteiger charge is -2.09. The molecular weight excluding hydrogens is 304 g/mol. The van der Waals surface area contributed by atoms with Crippen LogP contribution >= 0.6 is 11.8 Å². The largest absolute Gasteiger partial charge is 0.325 e. The van der Waals surface area contributed by atoms with E-state index >= 15 is 0 Å². The van der Waals surface area contributed by atoms with Crippen molar-refractivity contribution in [2.24, 2.45) is 0 Å². The average molecular weight is 321 g/mol. The van der Waals surface area contributed by atoms with Gasteiger partial charge in [-0.1, -0.05) is 26.0 Å². The van der Waals surface area contributed by atoms with Crippen LogP contribution in [-0.2, 0) is 4.79 Å². The van der Waals surface area contributed by atoms with Crippen LogP contribution in [0.4, 0.5) is 14.5 Å². The standard InChI is InChI=1S/C17H17F2NOS/c1-11(2)12-4-3-5-13(8-12)20-17(21)10-22-14-6-7-15(18)16(19)9-14/h3-9,11H,10H2,1-2H3,(H,20,21). The predicted octanol–water partition coefficient (Wildman–Crippen LogP) is 4.82. The number of hydrogen-bond donors (Lipinski definition) is 1. The van der Waals surface area contributed by atoms with E-state index in [1.54, 1.807) is 0 Å². The third-order valence-corrected chi connectivity index (χ3v) is 4.09. The van der Waals surface area contributed by atoms with Gasteiger partial charge in [0.25, 0.3) is 0 Å². The number of nitrogens with one attached hydrogen (secondary N) is 1. The second-order valence-electron chi connectivity index (χ2n) is 5.19. The van der Waals surface area contributed by atoms with Gasteiger partial charge in [-0.15, -0.1) is 11.8 Å². The Kier molecular flexibility index (Phi) is 5.55. The van der Waals surface area contributed by atoms with E-state index in [2.05, 4.69) is 19.2 Å². The highest BCUT2D eigenvalue weighted by atomic mass is 32.2. The molecule has 0 aliphatic heterocycles. The van der Waals surface area contributed by atoms with Gasteiger partial charge in [0.15, 0.2) is 11.6 Å². The Labute approximate surface area is 132 Å². The van der Waals surface area contributed by atoms with Crippen molar-refractivity contribution in [3.63, 3.8) is 0 Å². The molecular formula is C17H17F2NOS. The Balaban J connectivity index is 1.92. The van der Waals surface area contributed by atoms with Gasteiger partial charge in [-0.25, -0.2) is 8.78 Å². The van der Waals surface area contributed by atoms with E-state index in [1.165, 1.54) is 6.07 Å². The van der Waals surface area contributed by atoms with Crippen molar-refractivity contribution in [2.75, 3.05) is 11.1 Å². The fourth-order valence-corrected chi connectivity index (χ4v) is 2.61.